The van der Waals surface area contributed by atoms with Gasteiger partial charge in [-0.15, -0.1) is 0 Å². The molecular formula is C17H21N3O5. The molecule has 2 aromatic rings. The zero-order valence-corrected chi connectivity index (χ0v) is 14.1. The molecule has 0 spiro atoms. The number of hydrogen-bond acceptors (Lipinski definition) is 4. The van der Waals surface area contributed by atoms with Crippen LogP contribution in [-0.4, -0.2) is 32.6 Å². The summed E-state index contributed by atoms with van der Waals surface area (Å²) in [6.45, 7) is 3.48. The van der Waals surface area contributed by atoms with Gasteiger partial charge in [0.1, 0.15) is 6.04 Å². The van der Waals surface area contributed by atoms with Gasteiger partial charge in [-0.05, 0) is 24.5 Å². The van der Waals surface area contributed by atoms with Crippen molar-refractivity contribution < 1.29 is 14.7 Å². The number of fused-ring (bicyclic) bond motifs is 1. The van der Waals surface area contributed by atoms with Crippen LogP contribution in [0.15, 0.2) is 33.9 Å². The minimum Gasteiger partial charge on any atom is -0.480 e. The summed E-state index contributed by atoms with van der Waals surface area (Å²) in [7, 11) is 0. The maximum absolute atomic E-state index is 12.3. The highest BCUT2D eigenvalue weighted by Crippen LogP contribution is 2.05. The van der Waals surface area contributed by atoms with Crippen molar-refractivity contribution in [1.82, 2.24) is 14.9 Å². The first kappa shape index (κ1) is 18.4. The number of carbonyl (C=O) groups excluding carboxylic acids is 1. The third kappa shape index (κ3) is 4.34. The van der Waals surface area contributed by atoms with Gasteiger partial charge in [0, 0.05) is 13.0 Å². The Morgan fingerprint density at radius 2 is 1.92 bits per heavy atom. The molecule has 0 saturated carbocycles. The number of rotatable bonds is 7. The summed E-state index contributed by atoms with van der Waals surface area (Å²) in [6.07, 6.45) is 0.271. The first-order chi connectivity index (χ1) is 11.8. The molecule has 8 heteroatoms. The molecule has 2 rings (SSSR count). The van der Waals surface area contributed by atoms with Gasteiger partial charge in [0.15, 0.2) is 0 Å². The van der Waals surface area contributed by atoms with Gasteiger partial charge < -0.3 is 15.4 Å². The summed E-state index contributed by atoms with van der Waals surface area (Å²) >= 11 is 0. The second-order valence-electron chi connectivity index (χ2n) is 6.16. The van der Waals surface area contributed by atoms with Crippen LogP contribution in [-0.2, 0) is 16.1 Å². The average molecular weight is 347 g/mol. The molecule has 3 N–H and O–H groups in total. The summed E-state index contributed by atoms with van der Waals surface area (Å²) in [5, 5.41) is 11.9. The highest BCUT2D eigenvalue weighted by molar-refractivity contribution is 5.83. The van der Waals surface area contributed by atoms with E-state index in [1.807, 2.05) is 0 Å². The van der Waals surface area contributed by atoms with Crippen molar-refractivity contribution in [3.05, 3.63) is 45.1 Å². The van der Waals surface area contributed by atoms with Gasteiger partial charge in [0.2, 0.25) is 5.91 Å². The zero-order valence-electron chi connectivity index (χ0n) is 14.1. The van der Waals surface area contributed by atoms with Crippen LogP contribution in [0.1, 0.15) is 26.7 Å². The number of H-pyrrole nitrogens is 1. The highest BCUT2D eigenvalue weighted by Gasteiger charge is 2.23. The number of aliphatic carboxylic acids is 1. The van der Waals surface area contributed by atoms with E-state index in [2.05, 4.69) is 10.3 Å². The van der Waals surface area contributed by atoms with E-state index >= 15 is 0 Å². The molecule has 1 unspecified atom stereocenters. The summed E-state index contributed by atoms with van der Waals surface area (Å²) in [5.74, 6) is -1.76. The van der Waals surface area contributed by atoms with Crippen LogP contribution < -0.4 is 16.6 Å². The van der Waals surface area contributed by atoms with Crippen molar-refractivity contribution in [2.45, 2.75) is 39.3 Å². The Balaban J connectivity index is 2.04. The van der Waals surface area contributed by atoms with Gasteiger partial charge in [-0.25, -0.2) is 9.59 Å². The Bertz CT molecular complexity index is 897. The number of aromatic amines is 1. The predicted molar refractivity (Wildman–Crippen MR) is 92.5 cm³/mol. The van der Waals surface area contributed by atoms with Gasteiger partial charge in [0.25, 0.3) is 5.56 Å². The lowest BCUT2D eigenvalue weighted by molar-refractivity contribution is -0.143. The van der Waals surface area contributed by atoms with Crippen LogP contribution in [0, 0.1) is 5.92 Å². The molecule has 25 heavy (non-hydrogen) atoms. The van der Waals surface area contributed by atoms with Crippen LogP contribution in [0.4, 0.5) is 0 Å². The van der Waals surface area contributed by atoms with E-state index in [1.54, 1.807) is 38.1 Å². The third-order valence-electron chi connectivity index (χ3n) is 3.92. The number of carboxylic acid groups (broad SMARTS) is 1. The SMILES string of the molecule is CC(C)C(NC(=O)CCCn1c(=O)[nH]c2ccccc2c1=O)C(=O)O. The zero-order chi connectivity index (χ0) is 18.6. The Morgan fingerprint density at radius 1 is 1.24 bits per heavy atom. The topological polar surface area (TPSA) is 121 Å². The molecule has 0 radical (unpaired) electrons. The Hall–Kier alpha value is -2.90. The first-order valence-electron chi connectivity index (χ1n) is 8.05. The van der Waals surface area contributed by atoms with Crippen molar-refractivity contribution in [3.8, 4) is 0 Å². The van der Waals surface area contributed by atoms with Gasteiger partial charge in [-0.1, -0.05) is 26.0 Å². The average Bonchev–Trinajstić information content (AvgIpc) is 2.55. The lowest BCUT2D eigenvalue weighted by atomic mass is 10.0. The van der Waals surface area contributed by atoms with Crippen molar-refractivity contribution in [2.24, 2.45) is 5.92 Å². The largest absolute Gasteiger partial charge is 0.480 e. The standard InChI is InChI=1S/C17H21N3O5/c1-10(2)14(16(23)24)19-13(21)8-5-9-20-15(22)11-6-3-4-7-12(11)18-17(20)25/h3-4,6-7,10,14H,5,8-9H2,1-2H3,(H,18,25)(H,19,21)(H,23,24). The first-order valence-corrected chi connectivity index (χ1v) is 8.05. The van der Waals surface area contributed by atoms with Gasteiger partial charge in [-0.2, -0.15) is 0 Å². The monoisotopic (exact) mass is 347 g/mol. The molecule has 1 heterocycles. The number of nitrogens with zero attached hydrogens (tertiary/aromatic N) is 1. The maximum Gasteiger partial charge on any atom is 0.328 e. The van der Waals surface area contributed by atoms with Gasteiger partial charge >= 0.3 is 11.7 Å². The minimum atomic E-state index is -1.09. The number of nitrogens with one attached hydrogen (secondary N) is 2. The quantitative estimate of drug-likeness (QED) is 0.680. The second kappa shape index (κ2) is 7.78. The fourth-order valence-electron chi connectivity index (χ4n) is 2.56. The highest BCUT2D eigenvalue weighted by atomic mass is 16.4. The molecule has 1 aromatic heterocycles. The number of carboxylic acids is 1. The van der Waals surface area contributed by atoms with E-state index in [1.165, 1.54) is 0 Å². The molecule has 8 nitrogen and oxygen atoms in total. The number of hydrogen-bond donors (Lipinski definition) is 3. The third-order valence-corrected chi connectivity index (χ3v) is 3.92. The van der Waals surface area contributed by atoms with Crippen molar-refractivity contribution in [3.63, 3.8) is 0 Å². The van der Waals surface area contributed by atoms with Crippen LogP contribution >= 0.6 is 0 Å². The van der Waals surface area contributed by atoms with Crippen molar-refractivity contribution in [2.75, 3.05) is 0 Å². The maximum atomic E-state index is 12.3. The Labute approximate surface area is 143 Å². The van der Waals surface area contributed by atoms with E-state index < -0.39 is 29.2 Å². The van der Waals surface area contributed by atoms with Crippen molar-refractivity contribution in [1.29, 1.82) is 0 Å². The molecule has 0 saturated heterocycles. The summed E-state index contributed by atoms with van der Waals surface area (Å²) in [4.78, 5) is 50.0. The number of carbonyl (C=O) groups is 2. The number of benzene rings is 1. The number of aromatic nitrogens is 2. The van der Waals surface area contributed by atoms with Gasteiger partial charge in [0.05, 0.1) is 10.9 Å². The second-order valence-corrected chi connectivity index (χ2v) is 6.16. The minimum absolute atomic E-state index is 0.0230. The molecule has 1 amide bonds. The van der Waals surface area contributed by atoms with E-state index in [0.29, 0.717) is 10.9 Å². The van der Waals surface area contributed by atoms with Crippen LogP contribution in [0.2, 0.25) is 0 Å². The van der Waals surface area contributed by atoms with Crippen LogP contribution in [0.5, 0.6) is 0 Å². The lowest BCUT2D eigenvalue weighted by Gasteiger charge is -2.17. The molecule has 0 fully saturated rings. The van der Waals surface area contributed by atoms with Crippen molar-refractivity contribution >= 4 is 22.8 Å². The Morgan fingerprint density at radius 3 is 2.56 bits per heavy atom. The molecule has 0 aliphatic carbocycles. The summed E-state index contributed by atoms with van der Waals surface area (Å²) in [6, 6.07) is 5.74. The molecule has 0 aliphatic rings. The summed E-state index contributed by atoms with van der Waals surface area (Å²) < 4.78 is 1.05. The van der Waals surface area contributed by atoms with Crippen LogP contribution in [0.3, 0.4) is 0 Å². The fourth-order valence-corrected chi connectivity index (χ4v) is 2.56. The number of amides is 1. The normalized spacial score (nSPS) is 12.3. The molecule has 0 bridgehead atoms. The lowest BCUT2D eigenvalue weighted by Crippen LogP contribution is -2.44. The molecule has 0 aliphatic heterocycles. The van der Waals surface area contributed by atoms with Gasteiger partial charge in [-0.3, -0.25) is 14.2 Å². The smallest absolute Gasteiger partial charge is 0.328 e. The molecule has 134 valence electrons. The predicted octanol–water partition coefficient (Wildman–Crippen LogP) is 0.695. The Kier molecular flexibility index (Phi) is 5.74. The molecule has 1 atom stereocenters. The summed E-state index contributed by atoms with van der Waals surface area (Å²) in [5.41, 5.74) is -0.479. The number of para-hydroxylation sites is 1. The molecular weight excluding hydrogens is 326 g/mol. The van der Waals surface area contributed by atoms with E-state index in [0.717, 1.165) is 4.57 Å². The van der Waals surface area contributed by atoms with E-state index in [9.17, 15) is 19.2 Å². The fraction of sp³-hybridized carbons (Fsp3) is 0.412. The van der Waals surface area contributed by atoms with E-state index in [4.69, 9.17) is 5.11 Å². The molecule has 1 aromatic carbocycles. The van der Waals surface area contributed by atoms with E-state index in [-0.39, 0.29) is 25.3 Å². The van der Waals surface area contributed by atoms with Crippen LogP contribution in [0.25, 0.3) is 10.9 Å².